The number of phenols is 1. The van der Waals surface area contributed by atoms with Gasteiger partial charge in [0.15, 0.2) is 17.3 Å². The minimum Gasteiger partial charge on any atom is -0.548 e. The van der Waals surface area contributed by atoms with E-state index in [0.29, 0.717) is 44.8 Å². The number of hydrogen-bond donors (Lipinski definition) is 1. The van der Waals surface area contributed by atoms with Gasteiger partial charge in [0.2, 0.25) is 0 Å². The van der Waals surface area contributed by atoms with Crippen LogP contribution in [0.2, 0.25) is 0 Å². The zero-order valence-corrected chi connectivity index (χ0v) is 17.0. The van der Waals surface area contributed by atoms with Crippen molar-refractivity contribution in [1.29, 1.82) is 0 Å². The van der Waals surface area contributed by atoms with Crippen LogP contribution in [-0.2, 0) is 11.3 Å². The summed E-state index contributed by atoms with van der Waals surface area (Å²) >= 11 is 0. The van der Waals surface area contributed by atoms with E-state index in [0.717, 1.165) is 0 Å². The Morgan fingerprint density at radius 3 is 2.33 bits per heavy atom. The maximum atomic E-state index is 13.0. The molecule has 1 aliphatic carbocycles. The first kappa shape index (κ1) is 19.3. The molecule has 0 saturated carbocycles. The van der Waals surface area contributed by atoms with Gasteiger partial charge in [0, 0.05) is 22.0 Å². The number of carboxylic acid groups (broad SMARTS) is 1. The van der Waals surface area contributed by atoms with E-state index in [1.807, 2.05) is 0 Å². The van der Waals surface area contributed by atoms with E-state index in [4.69, 9.17) is 9.47 Å². The van der Waals surface area contributed by atoms with Crippen LogP contribution in [0.5, 0.6) is 17.2 Å². The van der Waals surface area contributed by atoms with Gasteiger partial charge in [0.1, 0.15) is 5.75 Å². The Balaban J connectivity index is 0.00000210. The topological polar surface area (TPSA) is 101 Å². The number of phenolic OH excluding ortho intramolecular Hbond substituents is 1. The molecule has 0 amide bonds. The molecule has 1 aromatic heterocycles. The summed E-state index contributed by atoms with van der Waals surface area (Å²) in [5, 5.41) is 21.6. The fraction of sp³-hybridized carbons (Fsp3) is 0.158. The van der Waals surface area contributed by atoms with Gasteiger partial charge in [-0.05, 0) is 30.3 Å². The molecule has 8 heteroatoms. The number of aromatic hydroxyl groups is 1. The van der Waals surface area contributed by atoms with Crippen LogP contribution >= 0.6 is 0 Å². The molecular formula is C19H14NNaO6. The van der Waals surface area contributed by atoms with Gasteiger partial charge < -0.3 is 29.0 Å². The van der Waals surface area contributed by atoms with E-state index in [-0.39, 0.29) is 41.1 Å². The molecule has 0 radical (unpaired) electrons. The summed E-state index contributed by atoms with van der Waals surface area (Å²) < 4.78 is 12.1. The Morgan fingerprint density at radius 2 is 1.74 bits per heavy atom. The summed E-state index contributed by atoms with van der Waals surface area (Å²) in [6.07, 6.45) is 0. The standard InChI is InChI=1S/C19H15NO6.Na/c1-25-14-6-10-11(7-15(14)26-2)19(24)17-12-5-9(21)3-4-13(12)20(18(10)17)8-16(22)23;/h3-7,21H,8H2,1-2H3,(H,22,23);/q;+1/p-1. The van der Waals surface area contributed by atoms with Crippen LogP contribution in [0, 0.1) is 0 Å². The van der Waals surface area contributed by atoms with Crippen LogP contribution in [0.25, 0.3) is 22.2 Å². The third-order valence-corrected chi connectivity index (χ3v) is 4.58. The number of carboxylic acids is 1. The van der Waals surface area contributed by atoms with Crippen molar-refractivity contribution in [1.82, 2.24) is 4.57 Å². The van der Waals surface area contributed by atoms with Gasteiger partial charge in [-0.1, -0.05) is 0 Å². The van der Waals surface area contributed by atoms with E-state index in [9.17, 15) is 19.8 Å². The summed E-state index contributed by atoms with van der Waals surface area (Å²) in [4.78, 5) is 24.3. The molecule has 0 bridgehead atoms. The number of fused-ring (bicyclic) bond motifs is 5. The number of carbonyl (C=O) groups is 2. The maximum absolute atomic E-state index is 13.0. The molecule has 4 rings (SSSR count). The smallest absolute Gasteiger partial charge is 0.548 e. The molecule has 7 nitrogen and oxygen atoms in total. The third kappa shape index (κ3) is 2.79. The first-order valence-corrected chi connectivity index (χ1v) is 7.82. The monoisotopic (exact) mass is 375 g/mol. The van der Waals surface area contributed by atoms with Crippen molar-refractivity contribution in [3.8, 4) is 28.5 Å². The Labute approximate surface area is 176 Å². The van der Waals surface area contributed by atoms with Crippen molar-refractivity contribution < 1.29 is 58.8 Å². The number of nitrogens with zero attached hydrogens (tertiary/aromatic N) is 1. The maximum Gasteiger partial charge on any atom is 1.00 e. The second-order valence-corrected chi connectivity index (χ2v) is 5.97. The SMILES string of the molecule is COc1cc2c(cc1OC)-c1c(c3cc(O)ccc3n1CC(=O)[O-])C2=O.[Na+]. The number of benzene rings is 2. The number of methoxy groups -OCH3 is 2. The molecule has 0 aliphatic heterocycles. The first-order valence-electron chi connectivity index (χ1n) is 7.82. The Bertz CT molecular complexity index is 1100. The predicted octanol–water partition coefficient (Wildman–Crippen LogP) is -1.67. The second kappa shape index (κ2) is 6.92. The fourth-order valence-corrected chi connectivity index (χ4v) is 3.54. The van der Waals surface area contributed by atoms with Gasteiger partial charge in [0.05, 0.1) is 38.0 Å². The third-order valence-electron chi connectivity index (χ3n) is 4.58. The summed E-state index contributed by atoms with van der Waals surface area (Å²) in [6.45, 7) is -0.419. The van der Waals surface area contributed by atoms with Crippen LogP contribution in [-0.4, -0.2) is 35.6 Å². The average molecular weight is 375 g/mol. The number of rotatable bonds is 4. The van der Waals surface area contributed by atoms with Crippen molar-refractivity contribution in [3.05, 3.63) is 41.5 Å². The van der Waals surface area contributed by atoms with E-state index in [1.165, 1.54) is 30.9 Å². The van der Waals surface area contributed by atoms with E-state index < -0.39 is 12.5 Å². The molecule has 1 heterocycles. The molecule has 0 saturated heterocycles. The van der Waals surface area contributed by atoms with Gasteiger partial charge >= 0.3 is 29.6 Å². The summed E-state index contributed by atoms with van der Waals surface area (Å²) in [7, 11) is 2.96. The zero-order chi connectivity index (χ0) is 18.6. The minimum atomic E-state index is -1.28. The van der Waals surface area contributed by atoms with Crippen LogP contribution in [0.4, 0.5) is 0 Å². The molecule has 0 spiro atoms. The number of hydrogen-bond acceptors (Lipinski definition) is 6. The van der Waals surface area contributed by atoms with Gasteiger partial charge in [-0.3, -0.25) is 4.79 Å². The number of aromatic nitrogens is 1. The van der Waals surface area contributed by atoms with Gasteiger partial charge in [-0.15, -0.1) is 0 Å². The number of ether oxygens (including phenoxy) is 2. The summed E-state index contributed by atoms with van der Waals surface area (Å²) in [5.74, 6) is -0.712. The number of carbonyl (C=O) groups excluding carboxylic acids is 2. The second-order valence-electron chi connectivity index (χ2n) is 5.97. The average Bonchev–Trinajstić information content (AvgIpc) is 3.07. The van der Waals surface area contributed by atoms with Crippen LogP contribution < -0.4 is 44.1 Å². The number of aliphatic carboxylic acids is 1. The Kier molecular flexibility index (Phi) is 4.94. The Hall–Kier alpha value is -2.48. The number of ketones is 1. The predicted molar refractivity (Wildman–Crippen MR) is 90.6 cm³/mol. The van der Waals surface area contributed by atoms with Crippen molar-refractivity contribution in [2.24, 2.45) is 0 Å². The molecule has 3 aromatic rings. The van der Waals surface area contributed by atoms with Gasteiger partial charge in [0.25, 0.3) is 0 Å². The molecule has 27 heavy (non-hydrogen) atoms. The van der Waals surface area contributed by atoms with Crippen LogP contribution in [0.3, 0.4) is 0 Å². The molecular weight excluding hydrogens is 361 g/mol. The minimum absolute atomic E-state index is 0. The molecule has 1 N–H and O–H groups in total. The van der Waals surface area contributed by atoms with E-state index in [1.54, 1.807) is 18.2 Å². The first-order chi connectivity index (χ1) is 12.5. The molecule has 132 valence electrons. The molecule has 0 fully saturated rings. The largest absolute Gasteiger partial charge is 1.00 e. The molecule has 1 aliphatic rings. The van der Waals surface area contributed by atoms with E-state index >= 15 is 0 Å². The zero-order valence-electron chi connectivity index (χ0n) is 15.0. The van der Waals surface area contributed by atoms with E-state index in [2.05, 4.69) is 0 Å². The summed E-state index contributed by atoms with van der Waals surface area (Å²) in [5.41, 5.74) is 2.30. The van der Waals surface area contributed by atoms with Gasteiger partial charge in [-0.2, -0.15) is 0 Å². The van der Waals surface area contributed by atoms with Crippen molar-refractivity contribution in [3.63, 3.8) is 0 Å². The Morgan fingerprint density at radius 1 is 1.11 bits per heavy atom. The van der Waals surface area contributed by atoms with Crippen LogP contribution in [0.1, 0.15) is 15.9 Å². The van der Waals surface area contributed by atoms with Crippen molar-refractivity contribution in [2.75, 3.05) is 14.2 Å². The van der Waals surface area contributed by atoms with Crippen LogP contribution in [0.15, 0.2) is 30.3 Å². The summed E-state index contributed by atoms with van der Waals surface area (Å²) in [6, 6.07) is 7.72. The van der Waals surface area contributed by atoms with Gasteiger partial charge in [-0.25, -0.2) is 0 Å². The fourth-order valence-electron chi connectivity index (χ4n) is 3.54. The molecule has 0 atom stereocenters. The quantitative estimate of drug-likeness (QED) is 0.428. The molecule has 0 unspecified atom stereocenters. The van der Waals surface area contributed by atoms with Crippen molar-refractivity contribution in [2.45, 2.75) is 6.54 Å². The normalized spacial score (nSPS) is 11.7. The van der Waals surface area contributed by atoms with Crippen molar-refractivity contribution >= 4 is 22.7 Å². The molecule has 2 aromatic carbocycles.